The molecule has 3 amide bonds. The van der Waals surface area contributed by atoms with Crippen LogP contribution in [0.1, 0.15) is 48.2 Å². The number of rotatable bonds is 6. The van der Waals surface area contributed by atoms with Gasteiger partial charge in [0.25, 0.3) is 5.91 Å². The van der Waals surface area contributed by atoms with Crippen LogP contribution in [-0.2, 0) is 9.59 Å². The zero-order chi connectivity index (χ0) is 19.3. The van der Waals surface area contributed by atoms with Crippen molar-refractivity contribution < 1.29 is 14.4 Å². The number of aryl methyl sites for hydroxylation is 1. The molecule has 144 valence electrons. The van der Waals surface area contributed by atoms with E-state index in [1.165, 1.54) is 11.3 Å². The normalized spacial score (nSPS) is 16.4. The molecule has 1 aromatic rings. The summed E-state index contributed by atoms with van der Waals surface area (Å²) in [6.45, 7) is 9.22. The molecule has 6 nitrogen and oxygen atoms in total. The van der Waals surface area contributed by atoms with Crippen LogP contribution in [0, 0.1) is 18.8 Å². The minimum absolute atomic E-state index is 0.00295. The van der Waals surface area contributed by atoms with E-state index in [1.54, 1.807) is 11.0 Å². The first-order valence-corrected chi connectivity index (χ1v) is 10.0. The lowest BCUT2D eigenvalue weighted by Crippen LogP contribution is -2.47. The highest BCUT2D eigenvalue weighted by Crippen LogP contribution is 2.18. The molecule has 7 heteroatoms. The molecule has 26 heavy (non-hydrogen) atoms. The Morgan fingerprint density at radius 2 is 1.85 bits per heavy atom. The van der Waals surface area contributed by atoms with Crippen LogP contribution in [0.5, 0.6) is 0 Å². The van der Waals surface area contributed by atoms with Crippen molar-refractivity contribution in [1.82, 2.24) is 15.5 Å². The minimum atomic E-state index is -0.214. The van der Waals surface area contributed by atoms with Gasteiger partial charge < -0.3 is 15.5 Å². The molecule has 2 N–H and O–H groups in total. The van der Waals surface area contributed by atoms with Crippen LogP contribution in [0.15, 0.2) is 12.1 Å². The van der Waals surface area contributed by atoms with Crippen LogP contribution in [0.3, 0.4) is 0 Å². The van der Waals surface area contributed by atoms with Crippen LogP contribution < -0.4 is 10.6 Å². The molecule has 0 spiro atoms. The summed E-state index contributed by atoms with van der Waals surface area (Å²) < 4.78 is 0. The number of hydrogen-bond acceptors (Lipinski definition) is 4. The Kier molecular flexibility index (Phi) is 7.20. The zero-order valence-electron chi connectivity index (χ0n) is 16.0. The average molecular weight is 380 g/mol. The van der Waals surface area contributed by atoms with Crippen LogP contribution in [-0.4, -0.2) is 48.3 Å². The first-order valence-electron chi connectivity index (χ1n) is 9.20. The van der Waals surface area contributed by atoms with E-state index in [0.717, 1.165) is 4.88 Å². The molecular weight excluding hydrogens is 350 g/mol. The number of amides is 3. The fraction of sp³-hybridized carbons (Fsp3) is 0.632. The summed E-state index contributed by atoms with van der Waals surface area (Å²) in [5.41, 5.74) is 0. The summed E-state index contributed by atoms with van der Waals surface area (Å²) in [4.78, 5) is 40.0. The third kappa shape index (κ3) is 5.56. The van der Waals surface area contributed by atoms with Crippen molar-refractivity contribution in [3.8, 4) is 0 Å². The lowest BCUT2D eigenvalue weighted by atomic mass is 9.94. The van der Waals surface area contributed by atoms with Crippen molar-refractivity contribution in [2.45, 2.75) is 46.6 Å². The number of thiophene rings is 1. The van der Waals surface area contributed by atoms with E-state index in [1.807, 2.05) is 19.9 Å². The van der Waals surface area contributed by atoms with Gasteiger partial charge in [-0.1, -0.05) is 13.8 Å². The molecular formula is C19H29N3O3S. The van der Waals surface area contributed by atoms with Gasteiger partial charge in [-0.15, -0.1) is 11.3 Å². The number of carbonyl (C=O) groups excluding carboxylic acids is 3. The molecule has 2 heterocycles. The van der Waals surface area contributed by atoms with Crippen molar-refractivity contribution in [2.75, 3.05) is 19.6 Å². The fourth-order valence-electron chi connectivity index (χ4n) is 2.81. The maximum absolute atomic E-state index is 12.3. The number of nitrogens with zero attached hydrogens (tertiary/aromatic N) is 1. The number of nitrogens with one attached hydrogen (secondary N) is 2. The van der Waals surface area contributed by atoms with E-state index >= 15 is 0 Å². The van der Waals surface area contributed by atoms with E-state index in [0.29, 0.717) is 36.7 Å². The van der Waals surface area contributed by atoms with Crippen molar-refractivity contribution in [2.24, 2.45) is 11.8 Å². The average Bonchev–Trinajstić information content (AvgIpc) is 3.05. The number of piperidine rings is 1. The minimum Gasteiger partial charge on any atom is -0.353 e. The highest BCUT2D eigenvalue weighted by atomic mass is 32.1. The van der Waals surface area contributed by atoms with E-state index < -0.39 is 0 Å². The first-order chi connectivity index (χ1) is 12.3. The third-order valence-corrected chi connectivity index (χ3v) is 5.95. The molecule has 0 saturated carbocycles. The largest absolute Gasteiger partial charge is 0.353 e. The van der Waals surface area contributed by atoms with E-state index in [9.17, 15) is 14.4 Å². The highest BCUT2D eigenvalue weighted by molar-refractivity contribution is 7.13. The molecule has 1 saturated heterocycles. The van der Waals surface area contributed by atoms with Gasteiger partial charge in [0.05, 0.1) is 11.4 Å². The Morgan fingerprint density at radius 1 is 1.19 bits per heavy atom. The summed E-state index contributed by atoms with van der Waals surface area (Å²) in [5.74, 6) is 0.134. The standard InChI is InChI=1S/C19H29N3O3S/c1-12(2)14(4)21-18(24)15-7-9-22(10-8-15)17(23)11-20-19(25)16-6-5-13(3)26-16/h5-6,12,14-15H,7-11H2,1-4H3,(H,20,25)(H,21,24). The molecule has 0 bridgehead atoms. The van der Waals surface area contributed by atoms with Gasteiger partial charge in [0.2, 0.25) is 11.8 Å². The summed E-state index contributed by atoms with van der Waals surface area (Å²) in [5, 5.41) is 5.74. The number of carbonyl (C=O) groups is 3. The molecule has 0 aliphatic carbocycles. The fourth-order valence-corrected chi connectivity index (χ4v) is 3.60. The van der Waals surface area contributed by atoms with Gasteiger partial charge in [0.1, 0.15) is 0 Å². The summed E-state index contributed by atoms with van der Waals surface area (Å²) in [6, 6.07) is 3.80. The molecule has 1 atom stereocenters. The zero-order valence-corrected chi connectivity index (χ0v) is 16.8. The molecule has 0 aromatic carbocycles. The lowest BCUT2D eigenvalue weighted by Gasteiger charge is -2.32. The van der Waals surface area contributed by atoms with Crippen molar-refractivity contribution in [3.63, 3.8) is 0 Å². The van der Waals surface area contributed by atoms with Crippen LogP contribution in [0.4, 0.5) is 0 Å². The second-order valence-corrected chi connectivity index (χ2v) is 8.58. The molecule has 1 unspecified atom stereocenters. The predicted molar refractivity (Wildman–Crippen MR) is 103 cm³/mol. The Hall–Kier alpha value is -1.89. The number of hydrogen-bond donors (Lipinski definition) is 2. The van der Waals surface area contributed by atoms with Crippen LogP contribution in [0.25, 0.3) is 0 Å². The molecule has 1 fully saturated rings. The van der Waals surface area contributed by atoms with E-state index in [-0.39, 0.29) is 36.2 Å². The maximum atomic E-state index is 12.3. The molecule has 1 aliphatic heterocycles. The Labute approximate surface area is 159 Å². The number of likely N-dealkylation sites (tertiary alicyclic amines) is 1. The molecule has 2 rings (SSSR count). The third-order valence-electron chi connectivity index (χ3n) is 4.95. The van der Waals surface area contributed by atoms with Gasteiger partial charge in [0.15, 0.2) is 0 Å². The SMILES string of the molecule is Cc1ccc(C(=O)NCC(=O)N2CCC(C(=O)NC(C)C(C)C)CC2)s1. The molecule has 1 aliphatic rings. The van der Waals surface area contributed by atoms with Crippen molar-refractivity contribution in [3.05, 3.63) is 21.9 Å². The Bertz CT molecular complexity index is 648. The van der Waals surface area contributed by atoms with Crippen LogP contribution in [0.2, 0.25) is 0 Å². The van der Waals surface area contributed by atoms with Gasteiger partial charge >= 0.3 is 0 Å². The summed E-state index contributed by atoms with van der Waals surface area (Å²) in [7, 11) is 0. The van der Waals surface area contributed by atoms with Gasteiger partial charge in [-0.2, -0.15) is 0 Å². The maximum Gasteiger partial charge on any atom is 0.261 e. The molecule has 0 radical (unpaired) electrons. The smallest absolute Gasteiger partial charge is 0.261 e. The summed E-state index contributed by atoms with van der Waals surface area (Å²) >= 11 is 1.41. The van der Waals surface area contributed by atoms with Crippen molar-refractivity contribution in [1.29, 1.82) is 0 Å². The summed E-state index contributed by atoms with van der Waals surface area (Å²) in [6.07, 6.45) is 1.33. The highest BCUT2D eigenvalue weighted by Gasteiger charge is 2.28. The van der Waals surface area contributed by atoms with Gasteiger partial charge in [-0.25, -0.2) is 0 Å². The predicted octanol–water partition coefficient (Wildman–Crippen LogP) is 2.19. The Morgan fingerprint density at radius 3 is 2.38 bits per heavy atom. The van der Waals surface area contributed by atoms with Gasteiger partial charge in [0, 0.05) is 29.9 Å². The van der Waals surface area contributed by atoms with Crippen molar-refractivity contribution >= 4 is 29.1 Å². The second kappa shape index (κ2) is 9.16. The van der Waals surface area contributed by atoms with Crippen LogP contribution >= 0.6 is 11.3 Å². The lowest BCUT2D eigenvalue weighted by molar-refractivity contribution is -0.135. The monoisotopic (exact) mass is 379 g/mol. The molecule has 1 aromatic heterocycles. The topological polar surface area (TPSA) is 78.5 Å². The second-order valence-electron chi connectivity index (χ2n) is 7.29. The van der Waals surface area contributed by atoms with E-state index in [2.05, 4.69) is 24.5 Å². The van der Waals surface area contributed by atoms with E-state index in [4.69, 9.17) is 0 Å². The quantitative estimate of drug-likeness (QED) is 0.795. The first kappa shape index (κ1) is 20.4. The van der Waals surface area contributed by atoms with Gasteiger partial charge in [-0.3, -0.25) is 14.4 Å². The van der Waals surface area contributed by atoms with Gasteiger partial charge in [-0.05, 0) is 44.7 Å². The Balaban J connectivity index is 1.74.